The summed E-state index contributed by atoms with van der Waals surface area (Å²) in [5.74, 6) is -0.418. The second kappa shape index (κ2) is 49.9. The standard InChI is InChI=1S/C65H104O14/c1-3-5-7-9-11-13-15-17-19-21-23-25-26-27-28-29-30-32-34-36-38-40-42-44-46-48-57(67)77-54(51-74-49-47-45-43-41-39-37-35-33-31-24-22-20-18-16-14-12-10-8-6-4-2)52-75-64-63(73)61(71)59(69)56(79-64)53-76-65-62(72)60(70)58(68)55(50-66)78-65/h5-8,11-14,17-20,23-25,27-28,30-32,36,38,54-56,58-66,68-73H,3-4,9-10,15-16,21-22,26,29,33-35,37,39-53H2,1-2H3/b7-5-,8-6-,13-11-,14-12-,19-17-,20-18-,25-23-,28-27-,31-24-,32-30-,38-36-. The van der Waals surface area contributed by atoms with E-state index in [1.807, 2.05) is 0 Å². The largest absolute Gasteiger partial charge is 0.457 e. The lowest BCUT2D eigenvalue weighted by Gasteiger charge is -2.42. The van der Waals surface area contributed by atoms with Gasteiger partial charge in [0.05, 0.1) is 26.4 Å². The van der Waals surface area contributed by atoms with E-state index in [9.17, 15) is 40.5 Å². The average molecular weight is 1110 g/mol. The van der Waals surface area contributed by atoms with Gasteiger partial charge in [-0.25, -0.2) is 0 Å². The number of hydrogen-bond donors (Lipinski definition) is 7. The highest BCUT2D eigenvalue weighted by Gasteiger charge is 2.47. The molecular weight excluding hydrogens is 1000 g/mol. The maximum Gasteiger partial charge on any atom is 0.306 e. The van der Waals surface area contributed by atoms with Gasteiger partial charge in [-0.2, -0.15) is 0 Å². The minimum Gasteiger partial charge on any atom is -0.457 e. The summed E-state index contributed by atoms with van der Waals surface area (Å²) in [4.78, 5) is 13.1. The quantitative estimate of drug-likeness (QED) is 0.0172. The monoisotopic (exact) mass is 1110 g/mol. The highest BCUT2D eigenvalue weighted by atomic mass is 16.7. The Hall–Kier alpha value is -3.87. The minimum atomic E-state index is -1.73. The SMILES string of the molecule is CC/C=C\C/C=C\C/C=C\C/C=C\C/C=C\C/C=C\C/C=C\CCCCCC(=O)OC(COCCCCCCCCC/C=C\C/C=C\C/C=C\C/C=C\CC)COC1OC(COC2OC(CO)C(O)C(O)C2O)C(O)C(O)C1O. The first-order valence-corrected chi connectivity index (χ1v) is 29.8. The van der Waals surface area contributed by atoms with E-state index >= 15 is 0 Å². The third-order valence-electron chi connectivity index (χ3n) is 13.2. The Morgan fingerprint density at radius 1 is 0.418 bits per heavy atom. The second-order valence-corrected chi connectivity index (χ2v) is 20.1. The Bertz CT molecular complexity index is 1810. The van der Waals surface area contributed by atoms with E-state index < -0.39 is 86.7 Å². The van der Waals surface area contributed by atoms with Crippen molar-refractivity contribution in [3.63, 3.8) is 0 Å². The fraction of sp³-hybridized carbons (Fsp3) is 0.646. The van der Waals surface area contributed by atoms with Crippen molar-refractivity contribution >= 4 is 5.97 Å². The molecule has 14 heteroatoms. The number of aliphatic hydroxyl groups excluding tert-OH is 7. The molecule has 0 bridgehead atoms. The number of carbonyl (C=O) groups excluding carboxylic acids is 1. The molecular formula is C65H104O14. The molecule has 0 spiro atoms. The lowest BCUT2D eigenvalue weighted by atomic mass is 9.98. The third kappa shape index (κ3) is 36.3. The van der Waals surface area contributed by atoms with Crippen molar-refractivity contribution < 1.29 is 69.0 Å². The number of unbranched alkanes of at least 4 members (excludes halogenated alkanes) is 10. The van der Waals surface area contributed by atoms with Crippen molar-refractivity contribution in [2.75, 3.05) is 33.0 Å². The van der Waals surface area contributed by atoms with Crippen LogP contribution < -0.4 is 0 Å². The molecule has 0 aromatic rings. The van der Waals surface area contributed by atoms with E-state index in [1.165, 1.54) is 19.3 Å². The molecule has 2 saturated heterocycles. The number of ether oxygens (including phenoxy) is 6. The third-order valence-corrected chi connectivity index (χ3v) is 13.2. The molecule has 7 N–H and O–H groups in total. The van der Waals surface area contributed by atoms with Crippen molar-refractivity contribution in [1.82, 2.24) is 0 Å². The van der Waals surface area contributed by atoms with Gasteiger partial charge in [0.25, 0.3) is 0 Å². The van der Waals surface area contributed by atoms with Crippen molar-refractivity contribution in [1.29, 1.82) is 0 Å². The first-order chi connectivity index (χ1) is 38.6. The van der Waals surface area contributed by atoms with Crippen LogP contribution in [0.3, 0.4) is 0 Å². The molecule has 2 aliphatic rings. The van der Waals surface area contributed by atoms with Gasteiger partial charge in [-0.1, -0.05) is 186 Å². The summed E-state index contributed by atoms with van der Waals surface area (Å²) in [6.07, 6.45) is 55.0. The zero-order valence-electron chi connectivity index (χ0n) is 48.0. The number of esters is 1. The molecule has 0 radical (unpaired) electrons. The van der Waals surface area contributed by atoms with Crippen LogP contribution in [0.15, 0.2) is 134 Å². The molecule has 0 amide bonds. The Morgan fingerprint density at radius 2 is 0.785 bits per heavy atom. The van der Waals surface area contributed by atoms with Gasteiger partial charge >= 0.3 is 5.97 Å². The molecule has 0 aliphatic carbocycles. The van der Waals surface area contributed by atoms with E-state index in [4.69, 9.17) is 28.4 Å². The molecule has 448 valence electrons. The average Bonchev–Trinajstić information content (AvgIpc) is 3.46. The van der Waals surface area contributed by atoms with Crippen LogP contribution in [0, 0.1) is 0 Å². The van der Waals surface area contributed by atoms with Crippen LogP contribution in [-0.2, 0) is 33.2 Å². The van der Waals surface area contributed by atoms with Gasteiger partial charge in [0.15, 0.2) is 12.6 Å². The zero-order valence-corrected chi connectivity index (χ0v) is 48.0. The smallest absolute Gasteiger partial charge is 0.306 e. The van der Waals surface area contributed by atoms with Crippen LogP contribution >= 0.6 is 0 Å². The number of carbonyl (C=O) groups is 1. The van der Waals surface area contributed by atoms with Crippen LogP contribution in [0.2, 0.25) is 0 Å². The highest BCUT2D eigenvalue weighted by Crippen LogP contribution is 2.26. The molecule has 2 fully saturated rings. The molecule has 2 rings (SSSR count). The van der Waals surface area contributed by atoms with Gasteiger partial charge in [-0.3, -0.25) is 4.79 Å². The summed E-state index contributed by atoms with van der Waals surface area (Å²) in [6.45, 7) is 3.36. The molecule has 11 atom stereocenters. The Balaban J connectivity index is 1.74. The summed E-state index contributed by atoms with van der Waals surface area (Å²) in [5, 5.41) is 72.4. The van der Waals surface area contributed by atoms with Gasteiger partial charge in [-0.05, 0) is 109 Å². The van der Waals surface area contributed by atoms with Crippen LogP contribution in [0.25, 0.3) is 0 Å². The van der Waals surface area contributed by atoms with Crippen LogP contribution in [0.1, 0.15) is 168 Å². The molecule has 0 aromatic carbocycles. The maximum absolute atomic E-state index is 13.1. The van der Waals surface area contributed by atoms with E-state index in [0.717, 1.165) is 122 Å². The summed E-state index contributed by atoms with van der Waals surface area (Å²) < 4.78 is 34.4. The highest BCUT2D eigenvalue weighted by molar-refractivity contribution is 5.69. The summed E-state index contributed by atoms with van der Waals surface area (Å²) in [6, 6.07) is 0. The van der Waals surface area contributed by atoms with Gasteiger partial charge in [0.1, 0.15) is 54.9 Å². The maximum atomic E-state index is 13.1. The molecule has 2 heterocycles. The topological polar surface area (TPSA) is 214 Å². The first kappa shape index (κ1) is 71.2. The number of rotatable bonds is 46. The molecule has 0 aromatic heterocycles. The minimum absolute atomic E-state index is 0.0300. The fourth-order valence-corrected chi connectivity index (χ4v) is 8.43. The lowest BCUT2D eigenvalue weighted by molar-refractivity contribution is -0.332. The summed E-state index contributed by atoms with van der Waals surface area (Å²) in [7, 11) is 0. The fourth-order valence-electron chi connectivity index (χ4n) is 8.43. The van der Waals surface area contributed by atoms with Crippen molar-refractivity contribution in [3.8, 4) is 0 Å². The van der Waals surface area contributed by atoms with Crippen molar-refractivity contribution in [2.24, 2.45) is 0 Å². The van der Waals surface area contributed by atoms with Crippen LogP contribution in [0.5, 0.6) is 0 Å². The second-order valence-electron chi connectivity index (χ2n) is 20.1. The molecule has 2 aliphatic heterocycles. The molecule has 79 heavy (non-hydrogen) atoms. The Morgan fingerprint density at radius 3 is 1.23 bits per heavy atom. The number of aliphatic hydroxyl groups is 7. The predicted octanol–water partition coefficient (Wildman–Crippen LogP) is 11.1. The number of allylic oxidation sites excluding steroid dienone is 22. The molecule has 11 unspecified atom stereocenters. The zero-order chi connectivity index (χ0) is 57.2. The molecule has 14 nitrogen and oxygen atoms in total. The van der Waals surface area contributed by atoms with Gasteiger partial charge in [-0.15, -0.1) is 0 Å². The number of hydrogen-bond acceptors (Lipinski definition) is 14. The first-order valence-electron chi connectivity index (χ1n) is 29.8. The Labute approximate surface area is 475 Å². The Kier molecular flexibility index (Phi) is 45.0. The van der Waals surface area contributed by atoms with Gasteiger partial charge in [0, 0.05) is 13.0 Å². The summed E-state index contributed by atoms with van der Waals surface area (Å²) in [5.41, 5.74) is 0. The predicted molar refractivity (Wildman–Crippen MR) is 316 cm³/mol. The van der Waals surface area contributed by atoms with E-state index in [2.05, 4.69) is 148 Å². The van der Waals surface area contributed by atoms with E-state index in [-0.39, 0.29) is 19.6 Å². The van der Waals surface area contributed by atoms with Gasteiger partial charge < -0.3 is 64.2 Å². The van der Waals surface area contributed by atoms with Crippen molar-refractivity contribution in [3.05, 3.63) is 134 Å². The van der Waals surface area contributed by atoms with Crippen molar-refractivity contribution in [2.45, 2.75) is 235 Å². The van der Waals surface area contributed by atoms with Gasteiger partial charge in [0.2, 0.25) is 0 Å². The van der Waals surface area contributed by atoms with Crippen LogP contribution in [0.4, 0.5) is 0 Å². The van der Waals surface area contributed by atoms with Crippen LogP contribution in [-0.4, -0.2) is 142 Å². The summed E-state index contributed by atoms with van der Waals surface area (Å²) >= 11 is 0. The lowest BCUT2D eigenvalue weighted by Crippen LogP contribution is -2.61. The molecule has 0 saturated carbocycles. The normalized spacial score (nSPS) is 25.0. The van der Waals surface area contributed by atoms with E-state index in [0.29, 0.717) is 13.0 Å². The van der Waals surface area contributed by atoms with E-state index in [1.54, 1.807) is 0 Å².